The van der Waals surface area contributed by atoms with Gasteiger partial charge in [0.05, 0.1) is 13.2 Å². The molecule has 0 spiro atoms. The summed E-state index contributed by atoms with van der Waals surface area (Å²) in [6.45, 7) is 4.06. The van der Waals surface area contributed by atoms with Crippen LogP contribution in [0, 0.1) is 5.82 Å². The standard InChI is InChI=1S/C23H31FN2O4/c1-25(2)10-13-29-21-8-6-19(7-9-21)15-26-11-12-28-17-23(27,16-26)18-30-22-5-3-4-20(24)14-22/h3-9,14,27H,10-13,15-18H2,1-2H3. The van der Waals surface area contributed by atoms with Gasteiger partial charge in [-0.25, -0.2) is 4.39 Å². The third-order valence-electron chi connectivity index (χ3n) is 4.88. The fourth-order valence-electron chi connectivity index (χ4n) is 3.29. The Kier molecular flexibility index (Phi) is 8.04. The zero-order valence-electron chi connectivity index (χ0n) is 17.7. The zero-order valence-corrected chi connectivity index (χ0v) is 17.7. The number of aliphatic hydroxyl groups is 1. The minimum atomic E-state index is -1.17. The molecule has 2 aromatic rings. The van der Waals surface area contributed by atoms with Crippen molar-refractivity contribution in [3.05, 3.63) is 59.9 Å². The maximum Gasteiger partial charge on any atom is 0.134 e. The van der Waals surface area contributed by atoms with Gasteiger partial charge in [0.25, 0.3) is 0 Å². The molecule has 6 nitrogen and oxygen atoms in total. The Bertz CT molecular complexity index is 787. The van der Waals surface area contributed by atoms with Crippen LogP contribution in [-0.4, -0.2) is 80.7 Å². The second-order valence-corrected chi connectivity index (χ2v) is 8.03. The summed E-state index contributed by atoms with van der Waals surface area (Å²) in [4.78, 5) is 4.22. The predicted octanol–water partition coefficient (Wildman–Crippen LogP) is 2.41. The van der Waals surface area contributed by atoms with Crippen LogP contribution in [0.1, 0.15) is 5.56 Å². The second kappa shape index (κ2) is 10.7. The van der Waals surface area contributed by atoms with Crippen LogP contribution in [-0.2, 0) is 11.3 Å². The molecule has 1 atom stereocenters. The van der Waals surface area contributed by atoms with E-state index in [1.165, 1.54) is 12.1 Å². The van der Waals surface area contributed by atoms with Crippen molar-refractivity contribution in [1.82, 2.24) is 9.80 Å². The number of rotatable bonds is 9. The lowest BCUT2D eigenvalue weighted by Crippen LogP contribution is -2.48. The molecular formula is C23H31FN2O4. The smallest absolute Gasteiger partial charge is 0.134 e. The van der Waals surface area contributed by atoms with Crippen molar-refractivity contribution in [3.8, 4) is 11.5 Å². The molecule has 7 heteroatoms. The maximum atomic E-state index is 13.3. The summed E-state index contributed by atoms with van der Waals surface area (Å²) in [5.74, 6) is 0.872. The summed E-state index contributed by atoms with van der Waals surface area (Å²) in [5.41, 5.74) is -0.0387. The van der Waals surface area contributed by atoms with Crippen molar-refractivity contribution in [2.24, 2.45) is 0 Å². The Morgan fingerprint density at radius 1 is 1.13 bits per heavy atom. The van der Waals surface area contributed by atoms with E-state index >= 15 is 0 Å². The first-order chi connectivity index (χ1) is 14.4. The molecule has 1 N–H and O–H groups in total. The van der Waals surface area contributed by atoms with Crippen molar-refractivity contribution < 1.29 is 23.7 Å². The lowest BCUT2D eigenvalue weighted by Gasteiger charge is -2.30. The van der Waals surface area contributed by atoms with E-state index in [-0.39, 0.29) is 19.0 Å². The van der Waals surface area contributed by atoms with Gasteiger partial charge in [0.1, 0.15) is 36.1 Å². The molecule has 1 heterocycles. The first kappa shape index (κ1) is 22.5. The molecule has 1 saturated heterocycles. The maximum absolute atomic E-state index is 13.3. The SMILES string of the molecule is CN(C)CCOc1ccc(CN2CCOCC(O)(COc3cccc(F)c3)C2)cc1. The van der Waals surface area contributed by atoms with Gasteiger partial charge in [0, 0.05) is 32.2 Å². The minimum absolute atomic E-state index is 0.0333. The van der Waals surface area contributed by atoms with Crippen molar-refractivity contribution in [2.45, 2.75) is 12.1 Å². The Morgan fingerprint density at radius 3 is 2.67 bits per heavy atom. The summed E-state index contributed by atoms with van der Waals surface area (Å²) in [6, 6.07) is 13.9. The number of benzene rings is 2. The average molecular weight is 419 g/mol. The Hall–Kier alpha value is -2.19. The van der Waals surface area contributed by atoms with Crippen LogP contribution in [0.4, 0.5) is 4.39 Å². The van der Waals surface area contributed by atoms with Gasteiger partial charge >= 0.3 is 0 Å². The van der Waals surface area contributed by atoms with E-state index in [9.17, 15) is 9.50 Å². The summed E-state index contributed by atoms with van der Waals surface area (Å²) >= 11 is 0. The fraction of sp³-hybridized carbons (Fsp3) is 0.478. The van der Waals surface area contributed by atoms with E-state index < -0.39 is 5.60 Å². The molecule has 164 valence electrons. The molecule has 2 aromatic carbocycles. The van der Waals surface area contributed by atoms with Crippen molar-refractivity contribution in [3.63, 3.8) is 0 Å². The molecule has 0 aromatic heterocycles. The molecule has 1 fully saturated rings. The van der Waals surface area contributed by atoms with E-state index in [1.807, 2.05) is 38.4 Å². The Labute approximate surface area is 177 Å². The van der Waals surface area contributed by atoms with Crippen LogP contribution in [0.3, 0.4) is 0 Å². The Balaban J connectivity index is 1.54. The van der Waals surface area contributed by atoms with Crippen molar-refractivity contribution in [2.75, 3.05) is 60.2 Å². The number of hydrogen-bond acceptors (Lipinski definition) is 6. The summed E-state index contributed by atoms with van der Waals surface area (Å²) in [5, 5.41) is 11.0. The predicted molar refractivity (Wildman–Crippen MR) is 113 cm³/mol. The van der Waals surface area contributed by atoms with Gasteiger partial charge in [-0.1, -0.05) is 18.2 Å². The number of likely N-dealkylation sites (N-methyl/N-ethyl adjacent to an activating group) is 1. The monoisotopic (exact) mass is 418 g/mol. The molecule has 0 amide bonds. The molecule has 0 aliphatic carbocycles. The molecule has 30 heavy (non-hydrogen) atoms. The zero-order chi connectivity index (χ0) is 21.4. The number of nitrogens with zero attached hydrogens (tertiary/aromatic N) is 2. The number of halogens is 1. The largest absolute Gasteiger partial charge is 0.492 e. The van der Waals surface area contributed by atoms with Crippen LogP contribution in [0.2, 0.25) is 0 Å². The summed E-state index contributed by atoms with van der Waals surface area (Å²) < 4.78 is 30.3. The van der Waals surface area contributed by atoms with Crippen molar-refractivity contribution in [1.29, 1.82) is 0 Å². The quantitative estimate of drug-likeness (QED) is 0.675. The van der Waals surface area contributed by atoms with Gasteiger partial charge in [0.2, 0.25) is 0 Å². The van der Waals surface area contributed by atoms with Crippen molar-refractivity contribution >= 4 is 0 Å². The molecule has 0 bridgehead atoms. The number of ether oxygens (including phenoxy) is 3. The van der Waals surface area contributed by atoms with Crippen LogP contribution in [0.25, 0.3) is 0 Å². The second-order valence-electron chi connectivity index (χ2n) is 8.03. The van der Waals surface area contributed by atoms with E-state index in [0.717, 1.165) is 17.9 Å². The minimum Gasteiger partial charge on any atom is -0.492 e. The van der Waals surface area contributed by atoms with Gasteiger partial charge in [-0.3, -0.25) is 4.90 Å². The molecule has 1 aliphatic heterocycles. The van der Waals surface area contributed by atoms with E-state index in [4.69, 9.17) is 14.2 Å². The van der Waals surface area contributed by atoms with Gasteiger partial charge in [-0.2, -0.15) is 0 Å². The highest BCUT2D eigenvalue weighted by Crippen LogP contribution is 2.20. The summed E-state index contributed by atoms with van der Waals surface area (Å²) in [7, 11) is 4.03. The molecule has 1 unspecified atom stereocenters. The fourth-order valence-corrected chi connectivity index (χ4v) is 3.29. The molecular weight excluding hydrogens is 387 g/mol. The number of hydrogen-bond donors (Lipinski definition) is 1. The summed E-state index contributed by atoms with van der Waals surface area (Å²) in [6.07, 6.45) is 0. The van der Waals surface area contributed by atoms with Crippen LogP contribution in [0.15, 0.2) is 48.5 Å². The highest BCUT2D eigenvalue weighted by molar-refractivity contribution is 5.27. The highest BCUT2D eigenvalue weighted by Gasteiger charge is 2.33. The average Bonchev–Trinajstić information content (AvgIpc) is 2.89. The van der Waals surface area contributed by atoms with E-state index in [1.54, 1.807) is 12.1 Å². The normalized spacial score (nSPS) is 20.2. The third kappa shape index (κ3) is 7.25. The molecule has 0 radical (unpaired) electrons. The molecule has 3 rings (SSSR count). The van der Waals surface area contributed by atoms with Gasteiger partial charge in [0.15, 0.2) is 0 Å². The van der Waals surface area contributed by atoms with Crippen LogP contribution >= 0.6 is 0 Å². The highest BCUT2D eigenvalue weighted by atomic mass is 19.1. The lowest BCUT2D eigenvalue weighted by molar-refractivity contribution is -0.0647. The van der Waals surface area contributed by atoms with E-state index in [0.29, 0.717) is 38.6 Å². The first-order valence-electron chi connectivity index (χ1n) is 10.2. The Morgan fingerprint density at radius 2 is 1.93 bits per heavy atom. The lowest BCUT2D eigenvalue weighted by atomic mass is 10.1. The third-order valence-corrected chi connectivity index (χ3v) is 4.88. The van der Waals surface area contributed by atoms with Crippen LogP contribution in [0.5, 0.6) is 11.5 Å². The number of β-amino-alcohol motifs (C(OH)–C–C–N with tert-alkyl or cyclic N) is 1. The van der Waals surface area contributed by atoms with Gasteiger partial charge in [-0.05, 0) is 43.9 Å². The van der Waals surface area contributed by atoms with Gasteiger partial charge in [-0.15, -0.1) is 0 Å². The molecule has 1 aliphatic rings. The van der Waals surface area contributed by atoms with Crippen LogP contribution < -0.4 is 9.47 Å². The van der Waals surface area contributed by atoms with E-state index in [2.05, 4.69) is 9.80 Å². The molecule has 0 saturated carbocycles. The topological polar surface area (TPSA) is 54.4 Å². The van der Waals surface area contributed by atoms with Gasteiger partial charge < -0.3 is 24.2 Å². The first-order valence-corrected chi connectivity index (χ1v) is 10.2.